The van der Waals surface area contributed by atoms with Gasteiger partial charge in [0.05, 0.1) is 6.54 Å². The monoisotopic (exact) mass is 307 g/mol. The summed E-state index contributed by atoms with van der Waals surface area (Å²) >= 11 is 0. The molecular weight excluding hydrogens is 274 g/mol. The lowest BCUT2D eigenvalue weighted by atomic mass is 9.79. The second-order valence-electron chi connectivity index (χ2n) is 8.10. The smallest absolute Gasteiger partial charge is 0.231 e. The van der Waals surface area contributed by atoms with Crippen molar-refractivity contribution in [1.29, 1.82) is 0 Å². The number of likely N-dealkylation sites (tertiary alicyclic amines) is 2. The molecule has 3 aliphatic rings. The van der Waals surface area contributed by atoms with Crippen LogP contribution < -0.4 is 5.73 Å². The van der Waals surface area contributed by atoms with E-state index in [-0.39, 0.29) is 5.91 Å². The van der Waals surface area contributed by atoms with Crippen LogP contribution >= 0.6 is 0 Å². The lowest BCUT2D eigenvalue weighted by Gasteiger charge is -2.41. The number of primary amides is 1. The molecule has 2 saturated heterocycles. The van der Waals surface area contributed by atoms with Crippen molar-refractivity contribution >= 4 is 5.91 Å². The summed E-state index contributed by atoms with van der Waals surface area (Å²) in [7, 11) is 0. The predicted molar refractivity (Wildman–Crippen MR) is 89.6 cm³/mol. The van der Waals surface area contributed by atoms with Crippen molar-refractivity contribution in [2.75, 3.05) is 39.3 Å². The highest BCUT2D eigenvalue weighted by atomic mass is 16.1. The average Bonchev–Trinajstić information content (AvgIpc) is 2.88. The Morgan fingerprint density at radius 2 is 1.77 bits per heavy atom. The van der Waals surface area contributed by atoms with E-state index in [0.717, 1.165) is 19.0 Å². The summed E-state index contributed by atoms with van der Waals surface area (Å²) in [6.45, 7) is 6.40. The van der Waals surface area contributed by atoms with Crippen LogP contribution in [0.2, 0.25) is 0 Å². The quantitative estimate of drug-likeness (QED) is 0.847. The zero-order valence-electron chi connectivity index (χ0n) is 14.1. The molecule has 0 unspecified atom stereocenters. The molecule has 4 heteroatoms. The van der Waals surface area contributed by atoms with Crippen molar-refractivity contribution in [1.82, 2.24) is 9.80 Å². The highest BCUT2D eigenvalue weighted by Gasteiger charge is 2.41. The molecule has 3 fully saturated rings. The molecule has 0 radical (unpaired) electrons. The largest absolute Gasteiger partial charge is 0.369 e. The molecule has 3 rings (SSSR count). The number of nitrogens with zero attached hydrogens (tertiary/aromatic N) is 2. The Kier molecular flexibility index (Phi) is 5.40. The Morgan fingerprint density at radius 3 is 2.55 bits per heavy atom. The normalized spacial score (nSPS) is 31.8. The number of hydrogen-bond donors (Lipinski definition) is 1. The van der Waals surface area contributed by atoms with Crippen LogP contribution in [0.4, 0.5) is 0 Å². The van der Waals surface area contributed by atoms with Crippen LogP contribution in [0, 0.1) is 11.3 Å². The second kappa shape index (κ2) is 7.31. The number of nitrogens with two attached hydrogens (primary N) is 1. The van der Waals surface area contributed by atoms with Gasteiger partial charge in [-0.15, -0.1) is 0 Å². The first-order chi connectivity index (χ1) is 10.7. The maximum atomic E-state index is 11.1. The topological polar surface area (TPSA) is 49.6 Å². The molecule has 4 nitrogen and oxygen atoms in total. The third kappa shape index (κ3) is 4.23. The van der Waals surface area contributed by atoms with Gasteiger partial charge in [-0.25, -0.2) is 0 Å². The fraction of sp³-hybridized carbons (Fsp3) is 0.944. The summed E-state index contributed by atoms with van der Waals surface area (Å²) in [6.07, 6.45) is 12.6. The van der Waals surface area contributed by atoms with E-state index >= 15 is 0 Å². The predicted octanol–water partition coefficient (Wildman–Crippen LogP) is 2.23. The van der Waals surface area contributed by atoms with Gasteiger partial charge in [0.15, 0.2) is 0 Å². The minimum absolute atomic E-state index is 0.179. The Balaban J connectivity index is 1.46. The molecule has 1 saturated carbocycles. The second-order valence-corrected chi connectivity index (χ2v) is 8.10. The molecule has 126 valence electrons. The van der Waals surface area contributed by atoms with Crippen LogP contribution in [-0.2, 0) is 4.79 Å². The zero-order valence-corrected chi connectivity index (χ0v) is 14.1. The van der Waals surface area contributed by atoms with Crippen molar-refractivity contribution in [3.05, 3.63) is 0 Å². The summed E-state index contributed by atoms with van der Waals surface area (Å²) in [5.41, 5.74) is 5.80. The van der Waals surface area contributed by atoms with E-state index in [9.17, 15) is 4.79 Å². The van der Waals surface area contributed by atoms with Crippen LogP contribution in [0.1, 0.15) is 57.8 Å². The third-order valence-corrected chi connectivity index (χ3v) is 6.22. The summed E-state index contributed by atoms with van der Waals surface area (Å²) in [5.74, 6) is 0.809. The van der Waals surface area contributed by atoms with Crippen LogP contribution in [0.3, 0.4) is 0 Å². The minimum Gasteiger partial charge on any atom is -0.369 e. The summed E-state index contributed by atoms with van der Waals surface area (Å²) < 4.78 is 0. The van der Waals surface area contributed by atoms with Crippen molar-refractivity contribution in [2.45, 2.75) is 57.8 Å². The van der Waals surface area contributed by atoms with E-state index in [2.05, 4.69) is 9.80 Å². The molecule has 2 heterocycles. The number of carbonyl (C=O) groups excluding carboxylic acids is 1. The third-order valence-electron chi connectivity index (χ3n) is 6.22. The van der Waals surface area contributed by atoms with E-state index in [0.29, 0.717) is 12.0 Å². The van der Waals surface area contributed by atoms with Crippen molar-refractivity contribution in [3.8, 4) is 0 Å². The van der Waals surface area contributed by atoms with Gasteiger partial charge in [-0.05, 0) is 56.7 Å². The molecule has 1 aliphatic carbocycles. The Bertz CT molecular complexity index is 381. The van der Waals surface area contributed by atoms with Gasteiger partial charge in [-0.2, -0.15) is 0 Å². The number of hydrogen-bond acceptors (Lipinski definition) is 3. The number of piperidine rings is 1. The number of carbonyl (C=O) groups is 1. The molecule has 0 aromatic rings. The first-order valence-corrected chi connectivity index (χ1v) is 9.38. The maximum absolute atomic E-state index is 11.1. The fourth-order valence-corrected chi connectivity index (χ4v) is 5.06. The summed E-state index contributed by atoms with van der Waals surface area (Å²) in [5, 5.41) is 0. The Hall–Kier alpha value is -0.610. The standard InChI is InChI=1S/C18H33N3O/c19-17(22)13-21-12-9-18(15-21)8-4-10-20(14-18)11-7-16-5-2-1-3-6-16/h16H,1-15H2,(H2,19,22)/t18-/m1/s1. The van der Waals surface area contributed by atoms with E-state index < -0.39 is 0 Å². The summed E-state index contributed by atoms with van der Waals surface area (Å²) in [4.78, 5) is 16.1. The van der Waals surface area contributed by atoms with Crippen LogP contribution in [0.15, 0.2) is 0 Å². The van der Waals surface area contributed by atoms with E-state index in [4.69, 9.17) is 5.73 Å². The van der Waals surface area contributed by atoms with Gasteiger partial charge in [0.1, 0.15) is 0 Å². The Labute approximate surface area is 135 Å². The lowest BCUT2D eigenvalue weighted by Crippen LogP contribution is -2.46. The van der Waals surface area contributed by atoms with E-state index in [1.54, 1.807) is 0 Å². The molecule has 2 aliphatic heterocycles. The summed E-state index contributed by atoms with van der Waals surface area (Å²) in [6, 6.07) is 0. The average molecular weight is 307 g/mol. The number of amides is 1. The SMILES string of the molecule is NC(=O)CN1CC[C@@]2(CCCN(CCC3CCCCC3)C2)C1. The van der Waals surface area contributed by atoms with Gasteiger partial charge in [-0.3, -0.25) is 9.69 Å². The van der Waals surface area contributed by atoms with Crippen LogP contribution in [-0.4, -0.2) is 55.0 Å². The van der Waals surface area contributed by atoms with Gasteiger partial charge >= 0.3 is 0 Å². The molecule has 1 amide bonds. The first-order valence-electron chi connectivity index (χ1n) is 9.38. The van der Waals surface area contributed by atoms with Crippen molar-refractivity contribution in [3.63, 3.8) is 0 Å². The molecule has 1 atom stereocenters. The molecule has 0 aromatic carbocycles. The maximum Gasteiger partial charge on any atom is 0.231 e. The molecule has 1 spiro atoms. The molecule has 0 aromatic heterocycles. The van der Waals surface area contributed by atoms with Gasteiger partial charge in [-0.1, -0.05) is 32.1 Å². The van der Waals surface area contributed by atoms with Crippen LogP contribution in [0.5, 0.6) is 0 Å². The van der Waals surface area contributed by atoms with Gasteiger partial charge < -0.3 is 10.6 Å². The Morgan fingerprint density at radius 1 is 1.00 bits per heavy atom. The molecule has 0 bridgehead atoms. The van der Waals surface area contributed by atoms with Crippen LogP contribution in [0.25, 0.3) is 0 Å². The minimum atomic E-state index is -0.179. The van der Waals surface area contributed by atoms with Crippen molar-refractivity contribution in [2.24, 2.45) is 17.1 Å². The highest BCUT2D eigenvalue weighted by Crippen LogP contribution is 2.39. The first kappa shape index (κ1) is 16.3. The molecule has 22 heavy (non-hydrogen) atoms. The zero-order chi connectivity index (χ0) is 15.4. The fourth-order valence-electron chi connectivity index (χ4n) is 5.06. The van der Waals surface area contributed by atoms with Gasteiger partial charge in [0.2, 0.25) is 5.91 Å². The molecular formula is C18H33N3O. The van der Waals surface area contributed by atoms with E-state index in [1.807, 2.05) is 0 Å². The highest BCUT2D eigenvalue weighted by molar-refractivity contribution is 5.75. The van der Waals surface area contributed by atoms with E-state index in [1.165, 1.54) is 77.4 Å². The van der Waals surface area contributed by atoms with Gasteiger partial charge in [0, 0.05) is 13.1 Å². The number of rotatable bonds is 5. The van der Waals surface area contributed by atoms with Crippen molar-refractivity contribution < 1.29 is 4.79 Å². The van der Waals surface area contributed by atoms with Gasteiger partial charge in [0.25, 0.3) is 0 Å². The lowest BCUT2D eigenvalue weighted by molar-refractivity contribution is -0.119. The molecule has 2 N–H and O–H groups in total.